The van der Waals surface area contributed by atoms with Crippen LogP contribution in [0.1, 0.15) is 43.4 Å². The fraction of sp³-hybridized carbons (Fsp3) is 0.333. The first kappa shape index (κ1) is 13.7. The van der Waals surface area contributed by atoms with Crippen molar-refractivity contribution in [3.05, 3.63) is 47.2 Å². The van der Waals surface area contributed by atoms with Crippen LogP contribution in [0.25, 0.3) is 0 Å². The highest BCUT2D eigenvalue weighted by atomic mass is 19.1. The Kier molecular flexibility index (Phi) is 3.23. The van der Waals surface area contributed by atoms with Crippen LogP contribution in [0.4, 0.5) is 14.6 Å². The Morgan fingerprint density at radius 2 is 2.10 bits per heavy atom. The zero-order valence-corrected chi connectivity index (χ0v) is 11.7. The molecule has 1 aromatic carbocycles. The molecule has 0 saturated heterocycles. The summed E-state index contributed by atoms with van der Waals surface area (Å²) in [6.07, 6.45) is 1.70. The number of benzene rings is 1. The molecule has 1 amide bonds. The third-order valence-electron chi connectivity index (χ3n) is 3.67. The number of carbonyl (C=O) groups is 1. The number of nitrogens with one attached hydrogen (secondary N) is 1. The van der Waals surface area contributed by atoms with Gasteiger partial charge in [0.15, 0.2) is 0 Å². The minimum Gasteiger partial charge on any atom is -0.311 e. The lowest BCUT2D eigenvalue weighted by molar-refractivity contribution is -0.116. The third kappa shape index (κ3) is 2.30. The van der Waals surface area contributed by atoms with Crippen LogP contribution in [0.15, 0.2) is 24.4 Å². The second-order valence-electron chi connectivity index (χ2n) is 5.46. The van der Waals surface area contributed by atoms with Crippen molar-refractivity contribution in [2.24, 2.45) is 0 Å². The van der Waals surface area contributed by atoms with E-state index in [0.29, 0.717) is 11.4 Å². The van der Waals surface area contributed by atoms with Crippen LogP contribution in [0.2, 0.25) is 0 Å². The van der Waals surface area contributed by atoms with E-state index in [1.165, 1.54) is 0 Å². The lowest BCUT2D eigenvalue weighted by atomic mass is 9.87. The second kappa shape index (κ2) is 4.95. The summed E-state index contributed by atoms with van der Waals surface area (Å²) in [4.78, 5) is 11.9. The van der Waals surface area contributed by atoms with Crippen LogP contribution in [-0.4, -0.2) is 15.7 Å². The van der Waals surface area contributed by atoms with Gasteiger partial charge < -0.3 is 5.32 Å². The molecular formula is C15H15F2N3O. The molecule has 2 aromatic rings. The third-order valence-corrected chi connectivity index (χ3v) is 3.67. The summed E-state index contributed by atoms with van der Waals surface area (Å²) in [5.74, 6) is -1.21. The van der Waals surface area contributed by atoms with Gasteiger partial charge in [-0.15, -0.1) is 0 Å². The number of carbonyl (C=O) groups excluding carboxylic acids is 1. The van der Waals surface area contributed by atoms with Crippen molar-refractivity contribution in [1.29, 1.82) is 0 Å². The Morgan fingerprint density at radius 1 is 1.33 bits per heavy atom. The Hall–Kier alpha value is -2.24. The average Bonchev–Trinajstić information content (AvgIpc) is 2.84. The number of nitrogens with zero attached hydrogens (tertiary/aromatic N) is 2. The van der Waals surface area contributed by atoms with E-state index in [9.17, 15) is 13.6 Å². The van der Waals surface area contributed by atoms with Crippen molar-refractivity contribution in [3.8, 4) is 0 Å². The smallest absolute Gasteiger partial charge is 0.226 e. The van der Waals surface area contributed by atoms with Gasteiger partial charge in [0.25, 0.3) is 0 Å². The summed E-state index contributed by atoms with van der Waals surface area (Å²) in [6.45, 7) is 3.87. The Labute approximate surface area is 120 Å². The lowest BCUT2D eigenvalue weighted by Crippen LogP contribution is -2.25. The Balaban J connectivity index is 2.13. The van der Waals surface area contributed by atoms with Crippen LogP contribution in [0, 0.1) is 11.6 Å². The fourth-order valence-corrected chi connectivity index (χ4v) is 2.69. The molecular weight excluding hydrogens is 276 g/mol. The molecule has 0 radical (unpaired) electrons. The standard InChI is InChI=1S/C15H15F2N3O/c1-8(2)20-15-12(7-18-20)10(6-14(21)19-15)11-5-9(16)3-4-13(11)17/h3-5,7-8,10H,6H2,1-2H3,(H,19,21). The van der Waals surface area contributed by atoms with Gasteiger partial charge in [-0.2, -0.15) is 5.10 Å². The molecule has 21 heavy (non-hydrogen) atoms. The molecule has 110 valence electrons. The minimum absolute atomic E-state index is 0.0603. The van der Waals surface area contributed by atoms with Crippen LogP contribution in [0.5, 0.6) is 0 Å². The first-order valence-electron chi connectivity index (χ1n) is 6.79. The quantitative estimate of drug-likeness (QED) is 0.923. The van der Waals surface area contributed by atoms with E-state index in [-0.39, 0.29) is 23.9 Å². The normalized spacial score (nSPS) is 17.8. The maximum Gasteiger partial charge on any atom is 0.226 e. The number of fused-ring (bicyclic) bond motifs is 1. The molecule has 2 heterocycles. The van der Waals surface area contributed by atoms with Gasteiger partial charge in [0, 0.05) is 23.9 Å². The molecule has 1 aliphatic rings. The topological polar surface area (TPSA) is 46.9 Å². The molecule has 1 unspecified atom stereocenters. The van der Waals surface area contributed by atoms with Crippen LogP contribution >= 0.6 is 0 Å². The van der Waals surface area contributed by atoms with Crippen molar-refractivity contribution >= 4 is 11.7 Å². The van der Waals surface area contributed by atoms with Gasteiger partial charge in [-0.25, -0.2) is 13.5 Å². The molecule has 0 aliphatic carbocycles. The van der Waals surface area contributed by atoms with Crippen LogP contribution in [-0.2, 0) is 4.79 Å². The van der Waals surface area contributed by atoms with Gasteiger partial charge in [-0.05, 0) is 37.6 Å². The van der Waals surface area contributed by atoms with Crippen molar-refractivity contribution in [1.82, 2.24) is 9.78 Å². The maximum absolute atomic E-state index is 14.0. The molecule has 1 N–H and O–H groups in total. The SMILES string of the molecule is CC(C)n1ncc2c1NC(=O)CC2c1cc(F)ccc1F. The first-order valence-corrected chi connectivity index (χ1v) is 6.79. The van der Waals surface area contributed by atoms with Gasteiger partial charge in [0.05, 0.1) is 6.20 Å². The molecule has 1 aliphatic heterocycles. The van der Waals surface area contributed by atoms with Gasteiger partial charge in [-0.1, -0.05) is 0 Å². The zero-order valence-electron chi connectivity index (χ0n) is 11.7. The van der Waals surface area contributed by atoms with Crippen molar-refractivity contribution < 1.29 is 13.6 Å². The number of halogens is 2. The fourth-order valence-electron chi connectivity index (χ4n) is 2.69. The van der Waals surface area contributed by atoms with Gasteiger partial charge >= 0.3 is 0 Å². The summed E-state index contributed by atoms with van der Waals surface area (Å²) >= 11 is 0. The van der Waals surface area contributed by atoms with Gasteiger partial charge in [0.1, 0.15) is 17.5 Å². The number of hydrogen-bond acceptors (Lipinski definition) is 2. The van der Waals surface area contributed by atoms with E-state index < -0.39 is 17.6 Å². The summed E-state index contributed by atoms with van der Waals surface area (Å²) in [6, 6.07) is 3.36. The van der Waals surface area contributed by atoms with E-state index in [0.717, 1.165) is 18.2 Å². The van der Waals surface area contributed by atoms with Crippen molar-refractivity contribution in [2.45, 2.75) is 32.2 Å². The minimum atomic E-state index is -0.518. The number of anilines is 1. The predicted molar refractivity (Wildman–Crippen MR) is 74.1 cm³/mol. The van der Waals surface area contributed by atoms with Crippen LogP contribution < -0.4 is 5.32 Å². The largest absolute Gasteiger partial charge is 0.311 e. The van der Waals surface area contributed by atoms with Crippen molar-refractivity contribution in [3.63, 3.8) is 0 Å². The highest BCUT2D eigenvalue weighted by molar-refractivity contribution is 5.94. The molecule has 1 atom stereocenters. The van der Waals surface area contributed by atoms with Gasteiger partial charge in [0.2, 0.25) is 5.91 Å². The molecule has 0 saturated carbocycles. The summed E-state index contributed by atoms with van der Waals surface area (Å²) in [7, 11) is 0. The Bertz CT molecular complexity index is 709. The molecule has 0 spiro atoms. The van der Waals surface area contributed by atoms with Gasteiger partial charge in [-0.3, -0.25) is 4.79 Å². The first-order chi connectivity index (χ1) is 9.97. The van der Waals surface area contributed by atoms with E-state index in [2.05, 4.69) is 10.4 Å². The predicted octanol–water partition coefficient (Wildman–Crippen LogP) is 3.22. The highest BCUT2D eigenvalue weighted by Gasteiger charge is 2.32. The molecule has 4 nitrogen and oxygen atoms in total. The zero-order chi connectivity index (χ0) is 15.1. The maximum atomic E-state index is 14.0. The van der Waals surface area contributed by atoms with E-state index >= 15 is 0 Å². The molecule has 6 heteroatoms. The van der Waals surface area contributed by atoms with E-state index in [1.54, 1.807) is 10.9 Å². The number of hydrogen-bond donors (Lipinski definition) is 1. The molecule has 1 aromatic heterocycles. The average molecular weight is 291 g/mol. The van der Waals surface area contributed by atoms with E-state index in [1.807, 2.05) is 13.8 Å². The summed E-state index contributed by atoms with van der Waals surface area (Å²) in [5.41, 5.74) is 0.905. The lowest BCUT2D eigenvalue weighted by Gasteiger charge is -2.24. The van der Waals surface area contributed by atoms with Crippen LogP contribution in [0.3, 0.4) is 0 Å². The molecule has 0 bridgehead atoms. The second-order valence-corrected chi connectivity index (χ2v) is 5.46. The Morgan fingerprint density at radius 3 is 2.81 bits per heavy atom. The molecule has 0 fully saturated rings. The number of amides is 1. The number of rotatable bonds is 2. The highest BCUT2D eigenvalue weighted by Crippen LogP contribution is 2.39. The summed E-state index contributed by atoms with van der Waals surface area (Å²) < 4.78 is 29.1. The van der Waals surface area contributed by atoms with Crippen molar-refractivity contribution in [2.75, 3.05) is 5.32 Å². The van der Waals surface area contributed by atoms with E-state index in [4.69, 9.17) is 0 Å². The molecule has 3 rings (SSSR count). The summed E-state index contributed by atoms with van der Waals surface area (Å²) in [5, 5.41) is 7.01. The number of aromatic nitrogens is 2. The monoisotopic (exact) mass is 291 g/mol.